The molecule has 6 heteroatoms. The van der Waals surface area contributed by atoms with Gasteiger partial charge in [0.05, 0.1) is 0 Å². The SMILES string of the molecule is CCCN1CCN(C(=O)c2n[nH]c(C3CC3)n2)CC1. The van der Waals surface area contributed by atoms with Gasteiger partial charge < -0.3 is 4.90 Å². The first-order chi connectivity index (χ1) is 9.28. The first kappa shape index (κ1) is 12.6. The number of nitrogens with zero attached hydrogens (tertiary/aromatic N) is 4. The lowest BCUT2D eigenvalue weighted by atomic mass is 10.3. The van der Waals surface area contributed by atoms with Crippen molar-refractivity contribution in [1.29, 1.82) is 0 Å². The van der Waals surface area contributed by atoms with Gasteiger partial charge in [-0.1, -0.05) is 6.92 Å². The van der Waals surface area contributed by atoms with E-state index in [9.17, 15) is 4.79 Å². The largest absolute Gasteiger partial charge is 0.333 e. The molecule has 104 valence electrons. The predicted octanol–water partition coefficient (Wildman–Crippen LogP) is 0.850. The summed E-state index contributed by atoms with van der Waals surface area (Å²) in [5, 5.41) is 6.96. The first-order valence-corrected chi connectivity index (χ1v) is 7.22. The standard InChI is InChI=1S/C13H21N5O/c1-2-5-17-6-8-18(9-7-17)13(19)12-14-11(15-16-12)10-3-4-10/h10H,2-9H2,1H3,(H,14,15,16). The fourth-order valence-electron chi connectivity index (χ4n) is 2.54. The molecule has 0 unspecified atom stereocenters. The molecule has 2 heterocycles. The minimum atomic E-state index is -0.0284. The van der Waals surface area contributed by atoms with Crippen molar-refractivity contribution in [1.82, 2.24) is 25.0 Å². The number of hydrogen-bond donors (Lipinski definition) is 1. The van der Waals surface area contributed by atoms with E-state index in [4.69, 9.17) is 0 Å². The molecule has 0 atom stereocenters. The van der Waals surface area contributed by atoms with Gasteiger partial charge in [-0.25, -0.2) is 4.98 Å². The quantitative estimate of drug-likeness (QED) is 0.874. The monoisotopic (exact) mass is 263 g/mol. The number of piperazine rings is 1. The van der Waals surface area contributed by atoms with Crippen molar-refractivity contribution >= 4 is 5.91 Å². The number of carbonyl (C=O) groups excluding carboxylic acids is 1. The van der Waals surface area contributed by atoms with Crippen molar-refractivity contribution in [2.45, 2.75) is 32.1 Å². The molecule has 1 aromatic heterocycles. The van der Waals surface area contributed by atoms with Gasteiger partial charge in [0.2, 0.25) is 5.82 Å². The van der Waals surface area contributed by atoms with Crippen molar-refractivity contribution in [2.75, 3.05) is 32.7 Å². The van der Waals surface area contributed by atoms with Crippen molar-refractivity contribution in [3.8, 4) is 0 Å². The third kappa shape index (κ3) is 2.78. The molecule has 0 radical (unpaired) electrons. The van der Waals surface area contributed by atoms with Gasteiger partial charge in [0.1, 0.15) is 5.82 Å². The summed E-state index contributed by atoms with van der Waals surface area (Å²) in [6, 6.07) is 0. The summed E-state index contributed by atoms with van der Waals surface area (Å²) >= 11 is 0. The van der Waals surface area contributed by atoms with Crippen LogP contribution in [0.3, 0.4) is 0 Å². The summed E-state index contributed by atoms with van der Waals surface area (Å²) in [6.07, 6.45) is 3.50. The van der Waals surface area contributed by atoms with Crippen LogP contribution in [0.1, 0.15) is 48.5 Å². The number of amides is 1. The number of hydrogen-bond acceptors (Lipinski definition) is 4. The van der Waals surface area contributed by atoms with Gasteiger partial charge >= 0.3 is 0 Å². The van der Waals surface area contributed by atoms with Crippen LogP contribution in [-0.4, -0.2) is 63.6 Å². The van der Waals surface area contributed by atoms with Crippen LogP contribution >= 0.6 is 0 Å². The van der Waals surface area contributed by atoms with Crippen molar-refractivity contribution in [2.24, 2.45) is 0 Å². The van der Waals surface area contributed by atoms with Gasteiger partial charge in [-0.05, 0) is 25.8 Å². The molecule has 6 nitrogen and oxygen atoms in total. The zero-order chi connectivity index (χ0) is 13.2. The molecule has 3 rings (SSSR count). The number of nitrogens with one attached hydrogen (secondary N) is 1. The van der Waals surface area contributed by atoms with E-state index in [0.29, 0.717) is 11.7 Å². The van der Waals surface area contributed by atoms with Gasteiger partial charge in [-0.15, -0.1) is 5.10 Å². The third-order valence-electron chi connectivity index (χ3n) is 3.86. The molecule has 1 aromatic rings. The highest BCUT2D eigenvalue weighted by atomic mass is 16.2. The van der Waals surface area contributed by atoms with E-state index in [1.807, 2.05) is 4.90 Å². The van der Waals surface area contributed by atoms with Gasteiger partial charge in [0.15, 0.2) is 0 Å². The van der Waals surface area contributed by atoms with Crippen molar-refractivity contribution in [3.63, 3.8) is 0 Å². The van der Waals surface area contributed by atoms with Gasteiger partial charge in [-0.2, -0.15) is 0 Å². The lowest BCUT2D eigenvalue weighted by Crippen LogP contribution is -2.49. The predicted molar refractivity (Wildman–Crippen MR) is 71.0 cm³/mol. The second-order valence-electron chi connectivity index (χ2n) is 5.45. The van der Waals surface area contributed by atoms with E-state index in [1.165, 1.54) is 19.3 Å². The van der Waals surface area contributed by atoms with Crippen LogP contribution in [0.4, 0.5) is 0 Å². The van der Waals surface area contributed by atoms with E-state index in [2.05, 4.69) is 27.0 Å². The molecule has 2 fully saturated rings. The maximum Gasteiger partial charge on any atom is 0.293 e. The highest BCUT2D eigenvalue weighted by Crippen LogP contribution is 2.37. The Morgan fingerprint density at radius 2 is 2.05 bits per heavy atom. The van der Waals surface area contributed by atoms with E-state index in [0.717, 1.165) is 38.5 Å². The Bertz CT molecular complexity index is 446. The fraction of sp³-hybridized carbons (Fsp3) is 0.769. The van der Waals surface area contributed by atoms with E-state index < -0.39 is 0 Å². The maximum absolute atomic E-state index is 12.3. The topological polar surface area (TPSA) is 65.1 Å². The molecular weight excluding hydrogens is 242 g/mol. The number of aromatic amines is 1. The average Bonchev–Trinajstić information content (AvgIpc) is 3.17. The Balaban J connectivity index is 1.57. The molecule has 0 aromatic carbocycles. The summed E-state index contributed by atoms with van der Waals surface area (Å²) in [4.78, 5) is 20.9. The smallest absolute Gasteiger partial charge is 0.293 e. The second-order valence-corrected chi connectivity index (χ2v) is 5.45. The molecule has 1 amide bonds. The highest BCUT2D eigenvalue weighted by molar-refractivity contribution is 5.90. The van der Waals surface area contributed by atoms with Crippen LogP contribution < -0.4 is 0 Å². The molecule has 1 saturated heterocycles. The summed E-state index contributed by atoms with van der Waals surface area (Å²) in [5.41, 5.74) is 0. The van der Waals surface area contributed by atoms with Crippen molar-refractivity contribution < 1.29 is 4.79 Å². The highest BCUT2D eigenvalue weighted by Gasteiger charge is 2.30. The summed E-state index contributed by atoms with van der Waals surface area (Å²) in [6.45, 7) is 6.79. The molecule has 19 heavy (non-hydrogen) atoms. The Morgan fingerprint density at radius 1 is 1.32 bits per heavy atom. The van der Waals surface area contributed by atoms with Crippen LogP contribution in [0.2, 0.25) is 0 Å². The molecule has 1 aliphatic heterocycles. The molecular formula is C13H21N5O. The third-order valence-corrected chi connectivity index (χ3v) is 3.86. The Hall–Kier alpha value is -1.43. The van der Waals surface area contributed by atoms with Crippen LogP contribution in [0.15, 0.2) is 0 Å². The lowest BCUT2D eigenvalue weighted by molar-refractivity contribution is 0.0626. The lowest BCUT2D eigenvalue weighted by Gasteiger charge is -2.33. The van der Waals surface area contributed by atoms with Crippen LogP contribution in [0.5, 0.6) is 0 Å². The van der Waals surface area contributed by atoms with Crippen LogP contribution in [0.25, 0.3) is 0 Å². The van der Waals surface area contributed by atoms with E-state index in [-0.39, 0.29) is 5.91 Å². The fourth-order valence-corrected chi connectivity index (χ4v) is 2.54. The first-order valence-electron chi connectivity index (χ1n) is 7.22. The normalized spacial score (nSPS) is 20.8. The summed E-state index contributed by atoms with van der Waals surface area (Å²) in [7, 11) is 0. The molecule has 2 aliphatic rings. The maximum atomic E-state index is 12.3. The minimum Gasteiger partial charge on any atom is -0.333 e. The Kier molecular flexibility index (Phi) is 3.50. The van der Waals surface area contributed by atoms with Gasteiger partial charge in [0.25, 0.3) is 5.91 Å². The molecule has 1 saturated carbocycles. The Labute approximate surface area is 113 Å². The molecule has 0 spiro atoms. The van der Waals surface area contributed by atoms with Gasteiger partial charge in [-0.3, -0.25) is 14.8 Å². The number of aromatic nitrogens is 3. The van der Waals surface area contributed by atoms with Crippen molar-refractivity contribution in [3.05, 3.63) is 11.6 Å². The molecule has 0 bridgehead atoms. The second kappa shape index (κ2) is 5.28. The van der Waals surface area contributed by atoms with Crippen LogP contribution in [-0.2, 0) is 0 Å². The Morgan fingerprint density at radius 3 is 2.68 bits per heavy atom. The summed E-state index contributed by atoms with van der Waals surface area (Å²) < 4.78 is 0. The summed E-state index contributed by atoms with van der Waals surface area (Å²) in [5.74, 6) is 1.70. The van der Waals surface area contributed by atoms with E-state index >= 15 is 0 Å². The average molecular weight is 263 g/mol. The molecule has 1 aliphatic carbocycles. The van der Waals surface area contributed by atoms with Gasteiger partial charge in [0, 0.05) is 32.1 Å². The zero-order valence-electron chi connectivity index (χ0n) is 11.4. The number of rotatable bonds is 4. The van der Waals surface area contributed by atoms with E-state index in [1.54, 1.807) is 0 Å². The molecule has 1 N–H and O–H groups in total. The zero-order valence-corrected chi connectivity index (χ0v) is 11.4. The van der Waals surface area contributed by atoms with Crippen LogP contribution in [0, 0.1) is 0 Å². The number of H-pyrrole nitrogens is 1. The minimum absolute atomic E-state index is 0.0284. The number of carbonyl (C=O) groups is 1.